The van der Waals surface area contributed by atoms with Crippen LogP contribution in [0.3, 0.4) is 0 Å². The van der Waals surface area contributed by atoms with E-state index in [0.717, 1.165) is 33.8 Å². The molecular weight excluding hydrogens is 352 g/mol. The van der Waals surface area contributed by atoms with Gasteiger partial charge in [-0.2, -0.15) is 0 Å². The van der Waals surface area contributed by atoms with Gasteiger partial charge in [0, 0.05) is 0 Å². The van der Waals surface area contributed by atoms with Gasteiger partial charge in [0.25, 0.3) is 0 Å². The van der Waals surface area contributed by atoms with Crippen molar-refractivity contribution >= 4 is 0 Å². The number of phenols is 2. The summed E-state index contributed by atoms with van der Waals surface area (Å²) in [5.74, 6) is 2.03. The largest absolute Gasteiger partial charge is 0.507 e. The van der Waals surface area contributed by atoms with E-state index < -0.39 is 0 Å². The van der Waals surface area contributed by atoms with Crippen LogP contribution in [0.2, 0.25) is 0 Å². The van der Waals surface area contributed by atoms with Gasteiger partial charge < -0.3 is 19.7 Å². The van der Waals surface area contributed by atoms with E-state index in [2.05, 4.69) is 0 Å². The smallest absolute Gasteiger partial charge is 0.121 e. The number of aromatic hydroxyl groups is 2. The molecule has 0 heterocycles. The predicted octanol–water partition coefficient (Wildman–Crippen LogP) is 5.85. The number of phenolic OH excluding ortho intramolecular Hbond substituents is 2. The fraction of sp³-hybridized carbons (Fsp3) is 0.500. The molecule has 0 amide bonds. The molecule has 4 nitrogen and oxygen atoms in total. The highest BCUT2D eigenvalue weighted by Gasteiger charge is 2.17. The maximum Gasteiger partial charge on any atom is 0.121 e. The van der Waals surface area contributed by atoms with Gasteiger partial charge in [0.05, 0.1) is 0 Å². The number of hydrogen-bond acceptors (Lipinski definition) is 4. The zero-order chi connectivity index (χ0) is 21.3. The number of rotatable bonds is 5. The molecule has 2 rings (SSSR count). The van der Waals surface area contributed by atoms with Gasteiger partial charge in [0.15, 0.2) is 0 Å². The third-order valence-electron chi connectivity index (χ3n) is 4.22. The van der Waals surface area contributed by atoms with Crippen molar-refractivity contribution in [1.82, 2.24) is 0 Å². The molecule has 0 fully saturated rings. The van der Waals surface area contributed by atoms with Crippen molar-refractivity contribution in [1.29, 1.82) is 0 Å². The summed E-state index contributed by atoms with van der Waals surface area (Å²) >= 11 is 0. The van der Waals surface area contributed by atoms with Gasteiger partial charge in [-0.05, 0) is 115 Å². The highest BCUT2D eigenvalue weighted by Crippen LogP contribution is 2.34. The summed E-state index contributed by atoms with van der Waals surface area (Å²) in [6.45, 7) is 15.7. The summed E-state index contributed by atoms with van der Waals surface area (Å²) in [7, 11) is 0. The average Bonchev–Trinajstić information content (AvgIpc) is 2.50. The Labute approximate surface area is 169 Å². The van der Waals surface area contributed by atoms with Gasteiger partial charge in [0.1, 0.15) is 34.2 Å². The molecule has 0 aliphatic carbocycles. The lowest BCUT2D eigenvalue weighted by atomic mass is 9.98. The van der Waals surface area contributed by atoms with Crippen LogP contribution in [-0.2, 0) is 12.8 Å². The third kappa shape index (κ3) is 6.08. The zero-order valence-corrected chi connectivity index (χ0v) is 18.4. The second kappa shape index (κ2) is 7.94. The Bertz CT molecular complexity index is 768. The van der Waals surface area contributed by atoms with Crippen LogP contribution in [0.15, 0.2) is 24.3 Å². The fourth-order valence-corrected chi connectivity index (χ4v) is 3.11. The van der Waals surface area contributed by atoms with Crippen LogP contribution in [0.25, 0.3) is 0 Å². The van der Waals surface area contributed by atoms with Crippen molar-refractivity contribution in [2.24, 2.45) is 0 Å². The Balaban J connectivity index is 2.28. The maximum atomic E-state index is 10.5. The summed E-state index contributed by atoms with van der Waals surface area (Å²) < 4.78 is 11.9. The Morgan fingerprint density at radius 3 is 1.25 bits per heavy atom. The highest BCUT2D eigenvalue weighted by molar-refractivity contribution is 5.49. The molecule has 2 aromatic carbocycles. The lowest BCUT2D eigenvalue weighted by Crippen LogP contribution is -2.23. The van der Waals surface area contributed by atoms with Crippen LogP contribution in [0.4, 0.5) is 0 Å². The van der Waals surface area contributed by atoms with E-state index >= 15 is 0 Å². The van der Waals surface area contributed by atoms with Gasteiger partial charge in [-0.15, -0.1) is 0 Å². The zero-order valence-electron chi connectivity index (χ0n) is 18.4. The van der Waals surface area contributed by atoms with E-state index in [9.17, 15) is 10.2 Å². The average molecular weight is 387 g/mol. The highest BCUT2D eigenvalue weighted by atomic mass is 16.5. The summed E-state index contributed by atoms with van der Waals surface area (Å²) in [6.07, 6.45) is 1.17. The Kier molecular flexibility index (Phi) is 6.22. The van der Waals surface area contributed by atoms with Gasteiger partial charge in [-0.3, -0.25) is 0 Å². The molecular formula is C24H34O4. The van der Waals surface area contributed by atoms with Crippen LogP contribution in [0.5, 0.6) is 23.0 Å². The molecule has 0 aliphatic heterocycles. The minimum absolute atomic E-state index is 0.277. The third-order valence-corrected chi connectivity index (χ3v) is 4.22. The number of ether oxygens (including phenoxy) is 2. The molecule has 0 saturated carbocycles. The van der Waals surface area contributed by atoms with Crippen molar-refractivity contribution in [2.45, 2.75) is 79.4 Å². The normalized spacial score (nSPS) is 12.1. The summed E-state index contributed by atoms with van der Waals surface area (Å²) in [5, 5.41) is 21.0. The summed E-state index contributed by atoms with van der Waals surface area (Å²) in [6, 6.07) is 7.47. The topological polar surface area (TPSA) is 58.9 Å². The van der Waals surface area contributed by atoms with Gasteiger partial charge in [0.2, 0.25) is 0 Å². The number of hydrogen-bond donors (Lipinski definition) is 2. The van der Waals surface area contributed by atoms with Crippen molar-refractivity contribution < 1.29 is 19.7 Å². The first kappa shape index (κ1) is 21.9. The molecule has 0 radical (unpaired) electrons. The maximum absolute atomic E-state index is 10.5. The monoisotopic (exact) mass is 386 g/mol. The molecule has 0 aliphatic rings. The molecule has 0 spiro atoms. The van der Waals surface area contributed by atoms with Crippen molar-refractivity contribution in [3.8, 4) is 23.0 Å². The second-order valence-electron chi connectivity index (χ2n) is 9.42. The molecule has 0 saturated heterocycles. The lowest BCUT2D eigenvalue weighted by Gasteiger charge is -2.23. The molecule has 0 atom stereocenters. The van der Waals surface area contributed by atoms with Crippen molar-refractivity contribution in [2.75, 3.05) is 0 Å². The first-order valence-electron chi connectivity index (χ1n) is 9.78. The van der Waals surface area contributed by atoms with Crippen molar-refractivity contribution in [3.63, 3.8) is 0 Å². The summed E-state index contributed by atoms with van der Waals surface area (Å²) in [5.41, 5.74) is 2.55. The van der Waals surface area contributed by atoms with E-state index in [1.807, 2.05) is 79.7 Å². The number of aryl methyl sites for hydroxylation is 4. The molecule has 4 heteroatoms. The molecule has 28 heavy (non-hydrogen) atoms. The fourth-order valence-electron chi connectivity index (χ4n) is 3.11. The molecule has 0 bridgehead atoms. The van der Waals surface area contributed by atoms with E-state index in [0.29, 0.717) is 12.8 Å². The molecule has 154 valence electrons. The van der Waals surface area contributed by atoms with E-state index in [4.69, 9.17) is 9.47 Å². The van der Waals surface area contributed by atoms with Crippen LogP contribution < -0.4 is 9.47 Å². The molecule has 0 unspecified atom stereocenters. The lowest BCUT2D eigenvalue weighted by molar-refractivity contribution is 0.130. The van der Waals surface area contributed by atoms with Gasteiger partial charge in [-0.25, -0.2) is 0 Å². The van der Waals surface area contributed by atoms with Crippen LogP contribution >= 0.6 is 0 Å². The number of benzene rings is 2. The summed E-state index contributed by atoms with van der Waals surface area (Å²) in [4.78, 5) is 0. The molecule has 2 N–H and O–H groups in total. The van der Waals surface area contributed by atoms with E-state index in [1.165, 1.54) is 0 Å². The molecule has 0 aromatic heterocycles. The quantitative estimate of drug-likeness (QED) is 0.676. The van der Waals surface area contributed by atoms with Crippen LogP contribution in [0, 0.1) is 13.8 Å². The molecule has 2 aromatic rings. The van der Waals surface area contributed by atoms with E-state index in [1.54, 1.807) is 0 Å². The first-order valence-corrected chi connectivity index (χ1v) is 9.78. The van der Waals surface area contributed by atoms with Gasteiger partial charge in [-0.1, -0.05) is 0 Å². The van der Waals surface area contributed by atoms with Crippen molar-refractivity contribution in [3.05, 3.63) is 46.5 Å². The Hall–Kier alpha value is -2.36. The van der Waals surface area contributed by atoms with E-state index in [-0.39, 0.29) is 22.7 Å². The predicted molar refractivity (Wildman–Crippen MR) is 114 cm³/mol. The minimum atomic E-state index is -0.311. The SMILES string of the molecule is Cc1cc(OC(C)(C)C)cc(CCc2cc(OC(C)(C)C)cc(C)c2O)c1O. The standard InChI is InChI=1S/C24H34O4/c1-15-11-19(27-23(3,4)5)13-17(21(15)25)9-10-18-14-20(28-24(6,7)8)12-16(2)22(18)26/h11-14,25-26H,9-10H2,1-8H3. The van der Waals surface area contributed by atoms with Crippen LogP contribution in [0.1, 0.15) is 63.8 Å². The second-order valence-corrected chi connectivity index (χ2v) is 9.42. The first-order chi connectivity index (χ1) is 12.7. The van der Waals surface area contributed by atoms with Gasteiger partial charge >= 0.3 is 0 Å². The Morgan fingerprint density at radius 2 is 0.964 bits per heavy atom. The Morgan fingerprint density at radius 1 is 0.643 bits per heavy atom. The minimum Gasteiger partial charge on any atom is -0.507 e. The van der Waals surface area contributed by atoms with Crippen LogP contribution in [-0.4, -0.2) is 21.4 Å².